The number of benzene rings is 2. The van der Waals surface area contributed by atoms with Crippen molar-refractivity contribution >= 4 is 32.7 Å². The summed E-state index contributed by atoms with van der Waals surface area (Å²) in [5.41, 5.74) is 0.989. The fourth-order valence-electron chi connectivity index (χ4n) is 3.09. The van der Waals surface area contributed by atoms with Crippen molar-refractivity contribution in [1.29, 1.82) is 0 Å². The van der Waals surface area contributed by atoms with E-state index in [-0.39, 0.29) is 17.0 Å². The number of carbonyl (C=O) groups excluding carboxylic acids is 1. The monoisotopic (exact) mass is 433 g/mol. The van der Waals surface area contributed by atoms with Crippen LogP contribution in [0.1, 0.15) is 13.8 Å². The average molecular weight is 433 g/mol. The normalized spacial score (nSPS) is 11.7. The van der Waals surface area contributed by atoms with Crippen molar-refractivity contribution in [1.82, 2.24) is 8.87 Å². The predicted molar refractivity (Wildman–Crippen MR) is 112 cm³/mol. The van der Waals surface area contributed by atoms with Crippen molar-refractivity contribution in [2.45, 2.75) is 25.3 Å². The van der Waals surface area contributed by atoms with E-state index < -0.39 is 21.7 Å². The SMILES string of the molecule is CCN(CC)S(=O)(=O)c1ccc2c(c1)oc(=O)n2CC(=O)Nc1ccc(OC)cc1. The van der Waals surface area contributed by atoms with Crippen LogP contribution < -0.4 is 15.8 Å². The van der Waals surface area contributed by atoms with Crippen LogP contribution in [0.4, 0.5) is 5.69 Å². The minimum Gasteiger partial charge on any atom is -0.497 e. The lowest BCUT2D eigenvalue weighted by Crippen LogP contribution is -2.30. The van der Waals surface area contributed by atoms with Gasteiger partial charge in [0.25, 0.3) is 0 Å². The number of anilines is 1. The lowest BCUT2D eigenvalue weighted by molar-refractivity contribution is -0.116. The summed E-state index contributed by atoms with van der Waals surface area (Å²) in [4.78, 5) is 24.7. The average Bonchev–Trinajstić information content (AvgIpc) is 3.03. The smallest absolute Gasteiger partial charge is 0.420 e. The third-order valence-electron chi connectivity index (χ3n) is 4.66. The zero-order valence-corrected chi connectivity index (χ0v) is 17.7. The van der Waals surface area contributed by atoms with Crippen molar-refractivity contribution in [3.05, 3.63) is 53.0 Å². The van der Waals surface area contributed by atoms with E-state index in [4.69, 9.17) is 9.15 Å². The third kappa shape index (κ3) is 4.24. The molecule has 0 fully saturated rings. The number of rotatable bonds is 8. The van der Waals surface area contributed by atoms with Crippen LogP contribution in [0.3, 0.4) is 0 Å². The largest absolute Gasteiger partial charge is 0.497 e. The highest BCUT2D eigenvalue weighted by Gasteiger charge is 2.23. The van der Waals surface area contributed by atoms with Crippen molar-refractivity contribution in [3.8, 4) is 5.75 Å². The minimum atomic E-state index is -3.69. The molecule has 1 N–H and O–H groups in total. The van der Waals surface area contributed by atoms with Crippen LogP contribution in [0.2, 0.25) is 0 Å². The van der Waals surface area contributed by atoms with Gasteiger partial charge in [0.15, 0.2) is 5.58 Å². The fourth-order valence-corrected chi connectivity index (χ4v) is 4.56. The molecule has 9 nitrogen and oxygen atoms in total. The second-order valence-corrected chi connectivity index (χ2v) is 8.39. The first-order chi connectivity index (χ1) is 14.3. The Balaban J connectivity index is 1.85. The van der Waals surface area contributed by atoms with Gasteiger partial charge in [0, 0.05) is 24.8 Å². The molecular formula is C20H23N3O6S. The number of hydrogen-bond acceptors (Lipinski definition) is 6. The zero-order valence-electron chi connectivity index (χ0n) is 16.9. The highest BCUT2D eigenvalue weighted by molar-refractivity contribution is 7.89. The highest BCUT2D eigenvalue weighted by atomic mass is 32.2. The Morgan fingerprint density at radius 2 is 1.80 bits per heavy atom. The summed E-state index contributed by atoms with van der Waals surface area (Å²) in [5.74, 6) is -0.516. The van der Waals surface area contributed by atoms with Gasteiger partial charge >= 0.3 is 5.76 Å². The number of ether oxygens (including phenoxy) is 1. The summed E-state index contributed by atoms with van der Waals surface area (Å²) in [7, 11) is -2.15. The number of oxazole rings is 1. The number of sulfonamides is 1. The summed E-state index contributed by atoms with van der Waals surface area (Å²) in [5, 5.41) is 2.69. The van der Waals surface area contributed by atoms with Crippen molar-refractivity contribution in [3.63, 3.8) is 0 Å². The number of nitrogens with zero attached hydrogens (tertiary/aromatic N) is 2. The van der Waals surface area contributed by atoms with Crippen LogP contribution in [0.15, 0.2) is 56.6 Å². The minimum absolute atomic E-state index is 0.0299. The molecule has 0 unspecified atom stereocenters. The molecule has 160 valence electrons. The second kappa shape index (κ2) is 8.72. The summed E-state index contributed by atoms with van der Waals surface area (Å²) >= 11 is 0. The van der Waals surface area contributed by atoms with Gasteiger partial charge in [-0.2, -0.15) is 4.31 Å². The summed E-state index contributed by atoms with van der Waals surface area (Å²) in [6.45, 7) is 3.87. The van der Waals surface area contributed by atoms with Crippen LogP contribution in [0.25, 0.3) is 11.1 Å². The third-order valence-corrected chi connectivity index (χ3v) is 6.70. The number of nitrogens with one attached hydrogen (secondary N) is 1. The van der Waals surface area contributed by atoms with Gasteiger partial charge in [0.05, 0.1) is 17.5 Å². The van der Waals surface area contributed by atoms with Crippen LogP contribution in [-0.4, -0.2) is 43.4 Å². The molecule has 0 aliphatic rings. The first-order valence-corrected chi connectivity index (χ1v) is 10.8. The van der Waals surface area contributed by atoms with Gasteiger partial charge in [-0.25, -0.2) is 13.2 Å². The Hall–Kier alpha value is -3.11. The molecule has 1 amide bonds. The molecule has 2 aromatic carbocycles. The summed E-state index contributed by atoms with van der Waals surface area (Å²) in [6, 6.07) is 10.9. The lowest BCUT2D eigenvalue weighted by Gasteiger charge is -2.18. The molecule has 0 spiro atoms. The lowest BCUT2D eigenvalue weighted by atomic mass is 10.3. The van der Waals surface area contributed by atoms with Crippen LogP contribution in [0.5, 0.6) is 5.75 Å². The standard InChI is InChI=1S/C20H23N3O6S/c1-4-22(5-2)30(26,27)16-10-11-17-18(12-16)29-20(25)23(17)13-19(24)21-14-6-8-15(28-3)9-7-14/h6-12H,4-5,13H2,1-3H3,(H,21,24). The number of hydrogen-bond donors (Lipinski definition) is 1. The first-order valence-electron chi connectivity index (χ1n) is 9.37. The Labute approximate surface area is 173 Å². The summed E-state index contributed by atoms with van der Waals surface area (Å²) in [6.07, 6.45) is 0. The van der Waals surface area contributed by atoms with Gasteiger partial charge in [-0.05, 0) is 36.4 Å². The quantitative estimate of drug-likeness (QED) is 0.583. The van der Waals surface area contributed by atoms with E-state index in [0.29, 0.717) is 30.0 Å². The van der Waals surface area contributed by atoms with Gasteiger partial charge < -0.3 is 14.5 Å². The molecule has 30 heavy (non-hydrogen) atoms. The highest BCUT2D eigenvalue weighted by Crippen LogP contribution is 2.22. The van der Waals surface area contributed by atoms with Crippen molar-refractivity contribution in [2.24, 2.45) is 0 Å². The van der Waals surface area contributed by atoms with Crippen LogP contribution in [-0.2, 0) is 21.4 Å². The maximum Gasteiger partial charge on any atom is 0.420 e. The molecule has 0 saturated carbocycles. The van der Waals surface area contributed by atoms with E-state index in [1.54, 1.807) is 45.2 Å². The first kappa shape index (κ1) is 21.6. The molecule has 0 saturated heterocycles. The van der Waals surface area contributed by atoms with Crippen LogP contribution >= 0.6 is 0 Å². The van der Waals surface area contributed by atoms with Gasteiger partial charge in [-0.1, -0.05) is 13.8 Å². The number of carbonyl (C=O) groups is 1. The van der Waals surface area contributed by atoms with Gasteiger partial charge in [-0.15, -0.1) is 0 Å². The van der Waals surface area contributed by atoms with E-state index in [1.807, 2.05) is 0 Å². The maximum atomic E-state index is 12.7. The number of fused-ring (bicyclic) bond motifs is 1. The second-order valence-electron chi connectivity index (χ2n) is 6.45. The fraction of sp³-hybridized carbons (Fsp3) is 0.300. The molecule has 3 aromatic rings. The van der Waals surface area contributed by atoms with E-state index in [9.17, 15) is 18.0 Å². The molecule has 0 aliphatic carbocycles. The predicted octanol–water partition coefficient (Wildman–Crippen LogP) is 2.27. The Bertz CT molecular complexity index is 1210. The Kier molecular flexibility index (Phi) is 6.28. The topological polar surface area (TPSA) is 111 Å². The van der Waals surface area contributed by atoms with Crippen molar-refractivity contribution < 1.29 is 22.4 Å². The maximum absolute atomic E-state index is 12.7. The molecule has 0 aliphatic heterocycles. The molecule has 0 radical (unpaired) electrons. The van der Waals surface area contributed by atoms with E-state index in [1.165, 1.54) is 22.5 Å². The van der Waals surface area contributed by atoms with E-state index >= 15 is 0 Å². The van der Waals surface area contributed by atoms with Gasteiger partial charge in [0.1, 0.15) is 12.3 Å². The van der Waals surface area contributed by atoms with E-state index in [2.05, 4.69) is 5.32 Å². The molecule has 10 heteroatoms. The van der Waals surface area contributed by atoms with Crippen molar-refractivity contribution in [2.75, 3.05) is 25.5 Å². The molecule has 0 atom stereocenters. The number of amides is 1. The van der Waals surface area contributed by atoms with Gasteiger partial charge in [-0.3, -0.25) is 9.36 Å². The Morgan fingerprint density at radius 3 is 2.40 bits per heavy atom. The molecule has 1 aromatic heterocycles. The summed E-state index contributed by atoms with van der Waals surface area (Å²) < 4.78 is 38.1. The Morgan fingerprint density at radius 1 is 1.13 bits per heavy atom. The molecule has 1 heterocycles. The molecular weight excluding hydrogens is 410 g/mol. The number of aromatic nitrogens is 1. The van der Waals surface area contributed by atoms with Crippen LogP contribution in [0, 0.1) is 0 Å². The zero-order chi connectivity index (χ0) is 21.9. The molecule has 3 rings (SSSR count). The molecule has 0 bridgehead atoms. The van der Waals surface area contributed by atoms with E-state index in [0.717, 1.165) is 4.57 Å². The number of methoxy groups -OCH3 is 1. The van der Waals surface area contributed by atoms with Gasteiger partial charge in [0.2, 0.25) is 15.9 Å².